The molecule has 0 unspecified atom stereocenters. The Hall–Kier alpha value is -1.37. The Morgan fingerprint density at radius 2 is 2.00 bits per heavy atom. The molecule has 1 aromatic carbocycles. The van der Waals surface area contributed by atoms with Crippen LogP contribution >= 0.6 is 12.4 Å². The van der Waals surface area contributed by atoms with E-state index in [1.807, 2.05) is 6.07 Å². The first-order valence-corrected chi connectivity index (χ1v) is 8.42. The van der Waals surface area contributed by atoms with Gasteiger partial charge in [0.1, 0.15) is 0 Å². The minimum Gasteiger partial charge on any atom is -0.490 e. The number of nitro groups is 1. The van der Waals surface area contributed by atoms with E-state index in [4.69, 9.17) is 4.74 Å². The minimum atomic E-state index is -0.379. The topological polar surface area (TPSA) is 67.6 Å². The molecule has 0 amide bonds. The largest absolute Gasteiger partial charge is 0.490 e. The highest BCUT2D eigenvalue weighted by Gasteiger charge is 2.24. The molecule has 2 fully saturated rings. The van der Waals surface area contributed by atoms with Gasteiger partial charge in [0.2, 0.25) is 0 Å². The van der Waals surface area contributed by atoms with E-state index in [0.717, 1.165) is 44.0 Å². The van der Waals surface area contributed by atoms with Crippen LogP contribution < -0.4 is 10.1 Å². The van der Waals surface area contributed by atoms with Crippen molar-refractivity contribution < 1.29 is 9.66 Å². The van der Waals surface area contributed by atoms with Crippen LogP contribution in [0.5, 0.6) is 5.75 Å². The van der Waals surface area contributed by atoms with Crippen molar-refractivity contribution in [3.63, 3.8) is 0 Å². The van der Waals surface area contributed by atoms with Gasteiger partial charge in [-0.05, 0) is 62.9 Å². The van der Waals surface area contributed by atoms with Crippen molar-refractivity contribution >= 4 is 18.1 Å². The van der Waals surface area contributed by atoms with Crippen molar-refractivity contribution in [2.24, 2.45) is 5.92 Å². The molecule has 1 N–H and O–H groups in total. The molecule has 134 valence electrons. The molecular formula is C17H26ClN3O3. The van der Waals surface area contributed by atoms with E-state index in [9.17, 15) is 10.1 Å². The van der Waals surface area contributed by atoms with Crippen LogP contribution in [0.4, 0.5) is 5.69 Å². The summed E-state index contributed by atoms with van der Waals surface area (Å²) in [6, 6.07) is 5.88. The highest BCUT2D eigenvalue weighted by molar-refractivity contribution is 5.85. The van der Waals surface area contributed by atoms with Gasteiger partial charge in [-0.1, -0.05) is 6.07 Å². The Balaban J connectivity index is 0.00000208. The van der Waals surface area contributed by atoms with Gasteiger partial charge in [0.25, 0.3) is 0 Å². The zero-order valence-electron chi connectivity index (χ0n) is 14.1. The van der Waals surface area contributed by atoms with E-state index in [-0.39, 0.29) is 23.0 Å². The summed E-state index contributed by atoms with van der Waals surface area (Å²) >= 11 is 0. The van der Waals surface area contributed by atoms with Crippen LogP contribution in [-0.4, -0.2) is 42.6 Å². The molecule has 1 aliphatic heterocycles. The maximum absolute atomic E-state index is 11.1. The lowest BCUT2D eigenvalue weighted by Gasteiger charge is -2.32. The Morgan fingerprint density at radius 1 is 1.29 bits per heavy atom. The van der Waals surface area contributed by atoms with Gasteiger partial charge in [0.05, 0.1) is 12.0 Å². The minimum absolute atomic E-state index is 0. The summed E-state index contributed by atoms with van der Waals surface area (Å²) < 4.78 is 5.05. The van der Waals surface area contributed by atoms with Crippen LogP contribution in [-0.2, 0) is 6.54 Å². The van der Waals surface area contributed by atoms with Crippen LogP contribution in [0.3, 0.4) is 0 Å². The number of piperidine rings is 1. The van der Waals surface area contributed by atoms with Gasteiger partial charge in [-0.2, -0.15) is 0 Å². The molecule has 0 aromatic heterocycles. The maximum atomic E-state index is 11.1. The summed E-state index contributed by atoms with van der Waals surface area (Å²) in [5.41, 5.74) is 1.02. The van der Waals surface area contributed by atoms with Crippen molar-refractivity contribution in [3.8, 4) is 5.75 Å². The quantitative estimate of drug-likeness (QED) is 0.601. The fourth-order valence-electron chi connectivity index (χ4n) is 3.19. The molecule has 2 aliphatic rings. The lowest BCUT2D eigenvalue weighted by molar-refractivity contribution is -0.385. The summed E-state index contributed by atoms with van der Waals surface area (Å²) in [5.74, 6) is 1.25. The lowest BCUT2D eigenvalue weighted by atomic mass is 10.0. The van der Waals surface area contributed by atoms with Crippen LogP contribution in [0.25, 0.3) is 0 Å². The van der Waals surface area contributed by atoms with Gasteiger partial charge < -0.3 is 10.1 Å². The number of nitrogens with zero attached hydrogens (tertiary/aromatic N) is 2. The molecule has 0 radical (unpaired) electrons. The summed E-state index contributed by atoms with van der Waals surface area (Å²) in [6.45, 7) is 4.03. The number of benzene rings is 1. The number of hydrogen-bond acceptors (Lipinski definition) is 5. The van der Waals surface area contributed by atoms with Crippen LogP contribution in [0.2, 0.25) is 0 Å². The van der Waals surface area contributed by atoms with E-state index in [0.29, 0.717) is 11.8 Å². The monoisotopic (exact) mass is 355 g/mol. The van der Waals surface area contributed by atoms with Crippen molar-refractivity contribution in [2.45, 2.75) is 38.3 Å². The summed E-state index contributed by atoms with van der Waals surface area (Å²) in [4.78, 5) is 13.1. The van der Waals surface area contributed by atoms with Crippen molar-refractivity contribution in [1.82, 2.24) is 10.2 Å². The van der Waals surface area contributed by atoms with Gasteiger partial charge in [0.15, 0.2) is 5.75 Å². The maximum Gasteiger partial charge on any atom is 0.311 e. The molecule has 6 nitrogen and oxygen atoms in total. The zero-order valence-corrected chi connectivity index (χ0v) is 14.9. The highest BCUT2D eigenvalue weighted by Crippen LogP contribution is 2.29. The number of ether oxygens (including phenoxy) is 1. The second kappa shape index (κ2) is 8.65. The molecule has 0 spiro atoms. The van der Waals surface area contributed by atoms with Crippen LogP contribution in [0, 0.1) is 16.0 Å². The standard InChI is InChI=1S/C17H25N3O3.ClH/c1-23-17-5-4-14(10-16(17)20(21)22)12-19-8-6-15(7-9-19)18-11-13-2-3-13;/h4-5,10,13,15,18H,2-3,6-9,11-12H2,1H3;1H. The average molecular weight is 356 g/mol. The molecule has 3 rings (SSSR count). The second-order valence-electron chi connectivity index (χ2n) is 6.67. The number of halogens is 1. The number of hydrogen-bond donors (Lipinski definition) is 1. The smallest absolute Gasteiger partial charge is 0.311 e. The van der Waals surface area contributed by atoms with Gasteiger partial charge in [-0.25, -0.2) is 0 Å². The number of methoxy groups -OCH3 is 1. The third-order valence-electron chi connectivity index (χ3n) is 4.83. The Morgan fingerprint density at radius 3 is 2.58 bits per heavy atom. The van der Waals surface area contributed by atoms with Crippen LogP contribution in [0.15, 0.2) is 18.2 Å². The summed E-state index contributed by atoms with van der Waals surface area (Å²) in [6.07, 6.45) is 5.10. The fraction of sp³-hybridized carbons (Fsp3) is 0.647. The molecule has 0 atom stereocenters. The Kier molecular flexibility index (Phi) is 6.83. The molecular weight excluding hydrogens is 330 g/mol. The van der Waals surface area contributed by atoms with Crippen molar-refractivity contribution in [1.29, 1.82) is 0 Å². The fourth-order valence-corrected chi connectivity index (χ4v) is 3.19. The van der Waals surface area contributed by atoms with E-state index in [1.54, 1.807) is 12.1 Å². The van der Waals surface area contributed by atoms with Gasteiger partial charge >= 0.3 is 5.69 Å². The molecule has 24 heavy (non-hydrogen) atoms. The number of rotatable bonds is 7. The van der Waals surface area contributed by atoms with Gasteiger partial charge in [0, 0.05) is 18.7 Å². The van der Waals surface area contributed by atoms with Gasteiger partial charge in [-0.3, -0.25) is 15.0 Å². The molecule has 1 saturated heterocycles. The lowest BCUT2D eigenvalue weighted by Crippen LogP contribution is -2.42. The third-order valence-corrected chi connectivity index (χ3v) is 4.83. The number of nitro benzene ring substituents is 1. The summed E-state index contributed by atoms with van der Waals surface area (Å²) in [5, 5.41) is 14.8. The number of nitrogens with one attached hydrogen (secondary N) is 1. The normalized spacial score (nSPS) is 18.9. The van der Waals surface area contributed by atoms with E-state index in [2.05, 4.69) is 10.2 Å². The first-order valence-electron chi connectivity index (χ1n) is 8.42. The van der Waals surface area contributed by atoms with E-state index in [1.165, 1.54) is 26.5 Å². The van der Waals surface area contributed by atoms with E-state index < -0.39 is 0 Å². The second-order valence-corrected chi connectivity index (χ2v) is 6.67. The zero-order chi connectivity index (χ0) is 16.2. The molecule has 1 aliphatic carbocycles. The third kappa shape index (κ3) is 5.06. The predicted molar refractivity (Wildman–Crippen MR) is 95.9 cm³/mol. The molecule has 1 aromatic rings. The molecule has 1 heterocycles. The van der Waals surface area contributed by atoms with Crippen molar-refractivity contribution in [3.05, 3.63) is 33.9 Å². The summed E-state index contributed by atoms with van der Waals surface area (Å²) in [7, 11) is 1.46. The Labute approximate surface area is 149 Å². The molecule has 1 saturated carbocycles. The SMILES string of the molecule is COc1ccc(CN2CCC(NCC3CC3)CC2)cc1[N+](=O)[O-].Cl. The molecule has 7 heteroatoms. The first kappa shape index (κ1) is 19.0. The first-order chi connectivity index (χ1) is 11.2. The average Bonchev–Trinajstić information content (AvgIpc) is 3.38. The van der Waals surface area contributed by atoms with Crippen molar-refractivity contribution in [2.75, 3.05) is 26.7 Å². The van der Waals surface area contributed by atoms with Gasteiger partial charge in [-0.15, -0.1) is 12.4 Å². The van der Waals surface area contributed by atoms with Crippen LogP contribution in [0.1, 0.15) is 31.2 Å². The van der Waals surface area contributed by atoms with E-state index >= 15 is 0 Å². The number of likely N-dealkylation sites (tertiary alicyclic amines) is 1. The predicted octanol–water partition coefficient (Wildman–Crippen LogP) is 2.99. The highest BCUT2D eigenvalue weighted by atomic mass is 35.5. The molecule has 0 bridgehead atoms. The Bertz CT molecular complexity index is 558.